The Labute approximate surface area is 127 Å². The van der Waals surface area contributed by atoms with Crippen molar-refractivity contribution in [2.75, 3.05) is 6.61 Å². The SMILES string of the molecule is CCO/N=C\c1ccc2oc(-c3ccccc3)cc(=O)c2c1. The highest BCUT2D eigenvalue weighted by Crippen LogP contribution is 2.22. The van der Waals surface area contributed by atoms with E-state index in [4.69, 9.17) is 9.25 Å². The molecule has 0 fully saturated rings. The van der Waals surface area contributed by atoms with Gasteiger partial charge in [-0.15, -0.1) is 0 Å². The molecule has 1 heterocycles. The summed E-state index contributed by atoms with van der Waals surface area (Å²) in [6.07, 6.45) is 1.58. The molecule has 0 unspecified atom stereocenters. The van der Waals surface area contributed by atoms with E-state index in [1.807, 2.05) is 43.3 Å². The van der Waals surface area contributed by atoms with Crippen molar-refractivity contribution < 1.29 is 9.25 Å². The lowest BCUT2D eigenvalue weighted by atomic mass is 10.1. The second kappa shape index (κ2) is 6.26. The minimum absolute atomic E-state index is 0.0771. The van der Waals surface area contributed by atoms with E-state index in [0.717, 1.165) is 11.1 Å². The second-order valence-electron chi connectivity index (χ2n) is 4.75. The van der Waals surface area contributed by atoms with Gasteiger partial charge < -0.3 is 9.25 Å². The van der Waals surface area contributed by atoms with Crippen LogP contribution in [0, 0.1) is 0 Å². The Bertz CT molecular complexity index is 866. The van der Waals surface area contributed by atoms with Crippen LogP contribution in [0.1, 0.15) is 12.5 Å². The van der Waals surface area contributed by atoms with Crippen molar-refractivity contribution in [2.24, 2.45) is 5.16 Å². The van der Waals surface area contributed by atoms with Gasteiger partial charge in [0.05, 0.1) is 11.6 Å². The zero-order valence-electron chi connectivity index (χ0n) is 12.2. The van der Waals surface area contributed by atoms with Crippen molar-refractivity contribution in [1.82, 2.24) is 0 Å². The van der Waals surface area contributed by atoms with E-state index in [1.54, 1.807) is 18.3 Å². The van der Waals surface area contributed by atoms with Crippen molar-refractivity contribution in [3.8, 4) is 11.3 Å². The predicted molar refractivity (Wildman–Crippen MR) is 87.1 cm³/mol. The van der Waals surface area contributed by atoms with Crippen LogP contribution >= 0.6 is 0 Å². The molecule has 0 aliphatic heterocycles. The molecule has 0 aliphatic rings. The fraction of sp³-hybridized carbons (Fsp3) is 0.111. The van der Waals surface area contributed by atoms with Crippen LogP contribution in [0.15, 0.2) is 69.0 Å². The maximum absolute atomic E-state index is 12.3. The minimum atomic E-state index is -0.0771. The van der Waals surface area contributed by atoms with Crippen LogP contribution in [0.4, 0.5) is 0 Å². The van der Waals surface area contributed by atoms with Gasteiger partial charge in [-0.2, -0.15) is 0 Å². The largest absolute Gasteiger partial charge is 0.456 e. The molecule has 0 radical (unpaired) electrons. The number of fused-ring (bicyclic) bond motifs is 1. The quantitative estimate of drug-likeness (QED) is 0.542. The number of nitrogens with zero attached hydrogens (tertiary/aromatic N) is 1. The molecule has 0 amide bonds. The monoisotopic (exact) mass is 293 g/mol. The first-order valence-electron chi connectivity index (χ1n) is 7.06. The van der Waals surface area contributed by atoms with Gasteiger partial charge in [0.25, 0.3) is 0 Å². The Morgan fingerprint density at radius 3 is 2.73 bits per heavy atom. The molecule has 3 rings (SSSR count). The summed E-state index contributed by atoms with van der Waals surface area (Å²) in [5.41, 5.74) is 2.15. The molecule has 0 N–H and O–H groups in total. The lowest BCUT2D eigenvalue weighted by Crippen LogP contribution is -2.01. The average molecular weight is 293 g/mol. The van der Waals surface area contributed by atoms with Crippen molar-refractivity contribution in [3.63, 3.8) is 0 Å². The Morgan fingerprint density at radius 2 is 1.95 bits per heavy atom. The van der Waals surface area contributed by atoms with E-state index in [9.17, 15) is 4.79 Å². The Hall–Kier alpha value is -2.88. The molecule has 0 saturated carbocycles. The molecule has 0 spiro atoms. The van der Waals surface area contributed by atoms with Crippen molar-refractivity contribution in [3.05, 3.63) is 70.4 Å². The molecule has 3 aromatic rings. The molecular formula is C18H15NO3. The molecule has 22 heavy (non-hydrogen) atoms. The number of rotatable bonds is 4. The fourth-order valence-corrected chi connectivity index (χ4v) is 2.17. The van der Waals surface area contributed by atoms with Crippen LogP contribution in [-0.4, -0.2) is 12.8 Å². The lowest BCUT2D eigenvalue weighted by molar-refractivity contribution is 0.160. The van der Waals surface area contributed by atoms with Crippen LogP contribution in [0.3, 0.4) is 0 Å². The van der Waals surface area contributed by atoms with Crippen LogP contribution in [0.25, 0.3) is 22.3 Å². The number of oxime groups is 1. The lowest BCUT2D eigenvalue weighted by Gasteiger charge is -2.03. The molecule has 0 bridgehead atoms. The standard InChI is InChI=1S/C18H15NO3/c1-2-21-19-12-13-8-9-17-15(10-13)16(20)11-18(22-17)14-6-4-3-5-7-14/h3-12H,2H2,1H3/b19-12-. The van der Waals surface area contributed by atoms with Crippen LogP contribution in [-0.2, 0) is 4.84 Å². The van der Waals surface area contributed by atoms with Crippen LogP contribution in [0.2, 0.25) is 0 Å². The first-order valence-corrected chi connectivity index (χ1v) is 7.06. The van der Waals surface area contributed by atoms with Gasteiger partial charge >= 0.3 is 0 Å². The predicted octanol–water partition coefficient (Wildman–Crippen LogP) is 3.83. The first-order chi connectivity index (χ1) is 10.8. The molecule has 0 aliphatic carbocycles. The molecule has 110 valence electrons. The smallest absolute Gasteiger partial charge is 0.193 e. The van der Waals surface area contributed by atoms with E-state index in [1.165, 1.54) is 6.07 Å². The number of hydrogen-bond acceptors (Lipinski definition) is 4. The summed E-state index contributed by atoms with van der Waals surface area (Å²) in [5.74, 6) is 0.564. The highest BCUT2D eigenvalue weighted by atomic mass is 16.6. The van der Waals surface area contributed by atoms with Gasteiger partial charge in [-0.25, -0.2) is 0 Å². The molecule has 4 nitrogen and oxygen atoms in total. The van der Waals surface area contributed by atoms with Gasteiger partial charge in [-0.3, -0.25) is 4.79 Å². The zero-order chi connectivity index (χ0) is 15.4. The van der Waals surface area contributed by atoms with E-state index < -0.39 is 0 Å². The van der Waals surface area contributed by atoms with Gasteiger partial charge in [-0.05, 0) is 30.7 Å². The van der Waals surface area contributed by atoms with Gasteiger partial charge in [-0.1, -0.05) is 35.5 Å². The molecule has 4 heteroatoms. The van der Waals surface area contributed by atoms with Crippen molar-refractivity contribution >= 4 is 17.2 Å². The first kappa shape index (κ1) is 14.1. The second-order valence-corrected chi connectivity index (χ2v) is 4.75. The topological polar surface area (TPSA) is 51.8 Å². The summed E-state index contributed by atoms with van der Waals surface area (Å²) < 4.78 is 5.83. The molecule has 2 aromatic carbocycles. The molecule has 0 saturated heterocycles. The summed E-state index contributed by atoms with van der Waals surface area (Å²) in [6.45, 7) is 2.37. The van der Waals surface area contributed by atoms with Gasteiger partial charge in [0.2, 0.25) is 0 Å². The fourth-order valence-electron chi connectivity index (χ4n) is 2.17. The third-order valence-corrected chi connectivity index (χ3v) is 3.21. The van der Waals surface area contributed by atoms with E-state index in [0.29, 0.717) is 23.3 Å². The van der Waals surface area contributed by atoms with E-state index in [2.05, 4.69) is 5.16 Å². The third-order valence-electron chi connectivity index (χ3n) is 3.21. The zero-order valence-corrected chi connectivity index (χ0v) is 12.2. The highest BCUT2D eigenvalue weighted by Gasteiger charge is 2.07. The normalized spacial score (nSPS) is 11.1. The Kier molecular flexibility index (Phi) is 4.01. The summed E-state index contributed by atoms with van der Waals surface area (Å²) in [7, 11) is 0. The maximum atomic E-state index is 12.3. The van der Waals surface area contributed by atoms with Gasteiger partial charge in [0, 0.05) is 11.6 Å². The van der Waals surface area contributed by atoms with Crippen LogP contribution in [0.5, 0.6) is 0 Å². The maximum Gasteiger partial charge on any atom is 0.193 e. The number of benzene rings is 2. The molecular weight excluding hydrogens is 278 g/mol. The van der Waals surface area contributed by atoms with Gasteiger partial charge in [0.1, 0.15) is 18.0 Å². The Balaban J connectivity index is 2.05. The summed E-state index contributed by atoms with van der Waals surface area (Å²) in [5, 5.41) is 4.33. The highest BCUT2D eigenvalue weighted by molar-refractivity contribution is 5.88. The Morgan fingerprint density at radius 1 is 1.14 bits per heavy atom. The molecule has 0 atom stereocenters. The minimum Gasteiger partial charge on any atom is -0.456 e. The average Bonchev–Trinajstić information content (AvgIpc) is 2.56. The van der Waals surface area contributed by atoms with Crippen LogP contribution < -0.4 is 5.43 Å². The summed E-state index contributed by atoms with van der Waals surface area (Å²) in [4.78, 5) is 17.2. The van der Waals surface area contributed by atoms with Crippen molar-refractivity contribution in [1.29, 1.82) is 0 Å². The van der Waals surface area contributed by atoms with E-state index in [-0.39, 0.29) is 5.43 Å². The summed E-state index contributed by atoms with van der Waals surface area (Å²) in [6, 6.07) is 16.4. The number of hydrogen-bond donors (Lipinski definition) is 0. The van der Waals surface area contributed by atoms with Gasteiger partial charge in [0.15, 0.2) is 5.43 Å². The summed E-state index contributed by atoms with van der Waals surface area (Å²) >= 11 is 0. The van der Waals surface area contributed by atoms with E-state index >= 15 is 0 Å². The molecule has 1 aromatic heterocycles. The third kappa shape index (κ3) is 2.91. The van der Waals surface area contributed by atoms with Crippen molar-refractivity contribution in [2.45, 2.75) is 6.92 Å².